The molecule has 1 heterocycles. The van der Waals surface area contributed by atoms with Gasteiger partial charge in [-0.3, -0.25) is 9.28 Å². The monoisotopic (exact) mass is 303 g/mol. The van der Waals surface area contributed by atoms with Gasteiger partial charge in [0.1, 0.15) is 0 Å². The van der Waals surface area contributed by atoms with E-state index in [1.807, 2.05) is 5.73 Å². The second-order valence-corrected chi connectivity index (χ2v) is 5.29. The molecule has 0 bridgehead atoms. The Morgan fingerprint density at radius 2 is 2.15 bits per heavy atom. The average Bonchev–Trinajstić information content (AvgIpc) is 2.44. The Labute approximate surface area is 121 Å². The van der Waals surface area contributed by atoms with Crippen LogP contribution in [0.4, 0.5) is 11.9 Å². The molecule has 0 radical (unpaired) electrons. The van der Waals surface area contributed by atoms with Crippen molar-refractivity contribution in [3.8, 4) is 0 Å². The molecule has 3 N–H and O–H groups in total. The van der Waals surface area contributed by atoms with E-state index < -0.39 is 11.9 Å². The number of nitrogens with two attached hydrogens (primary N) is 1. The summed E-state index contributed by atoms with van der Waals surface area (Å²) in [6.07, 6.45) is 0. The molecule has 0 aliphatic heterocycles. The quantitative estimate of drug-likeness (QED) is 0.384. The first kappa shape index (κ1) is 14.5. The highest BCUT2D eigenvalue weighted by Crippen LogP contribution is 2.19. The number of hydrogen-bond acceptors (Lipinski definition) is 8. The minimum Gasteiger partial charge on any atom is -0.481 e. The number of carbonyl (C=O) groups is 2. The normalized spacial score (nSPS) is 11.7. The van der Waals surface area contributed by atoms with Gasteiger partial charge in [0.15, 0.2) is 13.1 Å². The Hall–Kier alpha value is -1.94. The number of nitrogens with zero attached hydrogens (tertiary/aromatic N) is 4. The first-order valence-electron chi connectivity index (χ1n) is 5.97. The van der Waals surface area contributed by atoms with Gasteiger partial charge in [0, 0.05) is 0 Å². The summed E-state index contributed by atoms with van der Waals surface area (Å²) >= 11 is 0.902. The van der Waals surface area contributed by atoms with E-state index in [1.54, 1.807) is 14.1 Å². The summed E-state index contributed by atoms with van der Waals surface area (Å²) in [5.41, 5.74) is 2.04. The summed E-state index contributed by atoms with van der Waals surface area (Å²) in [5.74, 6) is -1.47. The second kappa shape index (κ2) is 6.48. The number of carbonyl (C=O) groups excluding carboxylic acids is 1. The molecule has 110 valence electrons. The highest BCUT2D eigenvalue weighted by atomic mass is 32.2. The highest BCUT2D eigenvalue weighted by molar-refractivity contribution is 7.99. The third-order valence-electron chi connectivity index (χ3n) is 2.22. The molecule has 0 aliphatic rings. The molecule has 1 aromatic heterocycles. The standard InChI is InChI=1S/C10H15N5O4S/c1-15(2,4-7(18)19-3)9-12-8(11)13-10(14-9)20-5-6(16)17/h4-5H2,1-3H3,(H2-,11,12,13,14,16,17)/p+1/i/hD. The van der Waals surface area contributed by atoms with Gasteiger partial charge in [0.2, 0.25) is 5.95 Å². The number of ether oxygens (including phenoxy) is 1. The summed E-state index contributed by atoms with van der Waals surface area (Å²) in [6.45, 7) is -0.0129. The number of hydrogen-bond donors (Lipinski definition) is 2. The number of methoxy groups -OCH3 is 1. The lowest BCUT2D eigenvalue weighted by Gasteiger charge is -2.24. The van der Waals surface area contributed by atoms with Crippen LogP contribution in [0.3, 0.4) is 0 Å². The van der Waals surface area contributed by atoms with Crippen molar-refractivity contribution in [2.45, 2.75) is 5.16 Å². The van der Waals surface area contributed by atoms with Crippen LogP contribution in [0, 0.1) is 0 Å². The van der Waals surface area contributed by atoms with Crippen molar-refractivity contribution < 1.29 is 20.8 Å². The molecule has 0 spiro atoms. The Balaban J connectivity index is 3.07. The molecule has 0 atom stereocenters. The smallest absolute Gasteiger partial charge is 0.362 e. The van der Waals surface area contributed by atoms with Gasteiger partial charge < -0.3 is 15.6 Å². The first-order valence-corrected chi connectivity index (χ1v) is 6.46. The summed E-state index contributed by atoms with van der Waals surface area (Å²) in [6, 6.07) is 0. The van der Waals surface area contributed by atoms with Crippen molar-refractivity contribution in [2.24, 2.45) is 0 Å². The van der Waals surface area contributed by atoms with Crippen molar-refractivity contribution >= 4 is 35.6 Å². The van der Waals surface area contributed by atoms with Crippen LogP contribution in [0.2, 0.25) is 1.41 Å². The molecule has 9 nitrogen and oxygen atoms in total. The van der Waals surface area contributed by atoms with Gasteiger partial charge in [-0.15, -0.1) is 4.98 Å². The highest BCUT2D eigenvalue weighted by Gasteiger charge is 2.28. The zero-order valence-corrected chi connectivity index (χ0v) is 12.1. The predicted molar refractivity (Wildman–Crippen MR) is 73.1 cm³/mol. The lowest BCUT2D eigenvalue weighted by atomic mass is 10.5. The van der Waals surface area contributed by atoms with E-state index in [0.29, 0.717) is 0 Å². The maximum absolute atomic E-state index is 11.4. The molecule has 20 heavy (non-hydrogen) atoms. The summed E-state index contributed by atoms with van der Waals surface area (Å²) in [5, 5.41) is 8.83. The van der Waals surface area contributed by atoms with Gasteiger partial charge in [-0.05, 0) is 0 Å². The second-order valence-electron chi connectivity index (χ2n) is 4.34. The zero-order chi connectivity index (χ0) is 16.0. The topological polar surface area (TPSA) is 128 Å². The number of anilines is 1. The van der Waals surface area contributed by atoms with Gasteiger partial charge >= 0.3 is 17.9 Å². The fourth-order valence-corrected chi connectivity index (χ4v) is 1.82. The molecular weight excluding hydrogens is 286 g/mol. The SMILES string of the molecule is [2H]Nc1nc(SCC(=O)O)nc([N+](C)(C)CC(=O)OC)n1. The molecule has 1 aromatic rings. The third-order valence-corrected chi connectivity index (χ3v) is 3.05. The van der Waals surface area contributed by atoms with Gasteiger partial charge in [0.05, 0.1) is 27.0 Å². The van der Waals surface area contributed by atoms with Crippen LogP contribution < -0.4 is 10.2 Å². The maximum Gasteiger partial charge on any atom is 0.362 e. The van der Waals surface area contributed by atoms with E-state index in [1.165, 1.54) is 7.11 Å². The van der Waals surface area contributed by atoms with Crippen LogP contribution in [0.5, 0.6) is 0 Å². The molecule has 0 amide bonds. The first-order chi connectivity index (χ1) is 9.78. The Bertz CT molecular complexity index is 542. The summed E-state index contributed by atoms with van der Waals surface area (Å²) in [7, 11) is 4.65. The molecule has 0 aliphatic carbocycles. The summed E-state index contributed by atoms with van der Waals surface area (Å²) < 4.78 is 11.7. The van der Waals surface area contributed by atoms with Gasteiger partial charge in [0.25, 0.3) is 0 Å². The van der Waals surface area contributed by atoms with Gasteiger partial charge in [-0.2, -0.15) is 9.97 Å². The van der Waals surface area contributed by atoms with Crippen molar-refractivity contribution in [2.75, 3.05) is 39.2 Å². The van der Waals surface area contributed by atoms with Crippen LogP contribution in [-0.4, -0.2) is 65.5 Å². The minimum absolute atomic E-state index is 0.0129. The van der Waals surface area contributed by atoms with E-state index in [-0.39, 0.29) is 33.8 Å². The lowest BCUT2D eigenvalue weighted by Crippen LogP contribution is -2.46. The maximum atomic E-state index is 11.4. The van der Waals surface area contributed by atoms with E-state index >= 15 is 0 Å². The minimum atomic E-state index is -1.01. The molecule has 0 aromatic carbocycles. The summed E-state index contributed by atoms with van der Waals surface area (Å²) in [4.78, 5) is 34.0. The van der Waals surface area contributed by atoms with Gasteiger partial charge in [-0.1, -0.05) is 11.8 Å². The van der Waals surface area contributed by atoms with Crippen LogP contribution >= 0.6 is 11.8 Å². The number of carboxylic acids is 1. The molecule has 0 saturated carbocycles. The van der Waals surface area contributed by atoms with E-state index in [0.717, 1.165) is 11.8 Å². The fraction of sp³-hybridized carbons (Fsp3) is 0.500. The number of thioether (sulfide) groups is 1. The van der Waals surface area contributed by atoms with E-state index in [9.17, 15) is 9.59 Å². The Morgan fingerprint density at radius 3 is 2.70 bits per heavy atom. The van der Waals surface area contributed by atoms with Crippen molar-refractivity contribution in [1.29, 1.82) is 0 Å². The van der Waals surface area contributed by atoms with Crippen LogP contribution in [0.1, 0.15) is 0 Å². The number of likely N-dealkylation sites (N-methyl/N-ethyl adjacent to an activating group) is 1. The molecule has 1 rings (SSSR count). The Morgan fingerprint density at radius 1 is 1.45 bits per heavy atom. The number of nitrogen functional groups attached to an aromatic ring is 1. The average molecular weight is 303 g/mol. The Kier molecular flexibility index (Phi) is 4.69. The zero-order valence-electron chi connectivity index (χ0n) is 12.3. The number of rotatable bonds is 7. The molecule has 10 heteroatoms. The van der Waals surface area contributed by atoms with Crippen molar-refractivity contribution in [1.82, 2.24) is 19.4 Å². The van der Waals surface area contributed by atoms with Crippen molar-refractivity contribution in [3.05, 3.63) is 0 Å². The number of esters is 1. The van der Waals surface area contributed by atoms with E-state index in [2.05, 4.69) is 19.7 Å². The molecule has 0 fully saturated rings. The predicted octanol–water partition coefficient (Wildman–Crippen LogP) is -0.630. The number of aliphatic carboxylic acids is 1. The number of quaternary nitrogens is 1. The third kappa shape index (κ3) is 4.63. The lowest BCUT2D eigenvalue weighted by molar-refractivity contribution is -0.141. The molecule has 0 saturated heterocycles. The molecular formula is C10H16N5O4S+. The van der Waals surface area contributed by atoms with E-state index in [4.69, 9.17) is 6.52 Å². The largest absolute Gasteiger partial charge is 0.481 e. The number of carboxylic acid groups (broad SMARTS) is 1. The van der Waals surface area contributed by atoms with Crippen LogP contribution in [0.25, 0.3) is 0 Å². The van der Waals surface area contributed by atoms with Crippen molar-refractivity contribution in [3.63, 3.8) is 0 Å². The van der Waals surface area contributed by atoms with Gasteiger partial charge in [-0.25, -0.2) is 4.79 Å². The van der Waals surface area contributed by atoms with Crippen LogP contribution in [-0.2, 0) is 14.3 Å². The fourth-order valence-electron chi connectivity index (χ4n) is 1.27. The molecule has 0 unspecified atom stereocenters. The van der Waals surface area contributed by atoms with Crippen LogP contribution in [0.15, 0.2) is 5.16 Å². The number of aromatic nitrogens is 3.